The Labute approximate surface area is 271 Å². The van der Waals surface area contributed by atoms with Crippen LogP contribution in [-0.4, -0.2) is 26.6 Å². The summed E-state index contributed by atoms with van der Waals surface area (Å²) in [6.07, 6.45) is 42.2. The Kier molecular flexibility index (Phi) is 36.9. The first kappa shape index (κ1) is 44.9. The van der Waals surface area contributed by atoms with Crippen molar-refractivity contribution in [3.05, 3.63) is 24.3 Å². The van der Waals surface area contributed by atoms with Gasteiger partial charge in [-0.1, -0.05) is 141 Å². The molecule has 3 N–H and O–H groups in total. The molecule has 0 saturated heterocycles. The predicted octanol–water partition coefficient (Wildman–Crippen LogP) is 11.2. The van der Waals surface area contributed by atoms with Crippen LogP contribution in [0.2, 0.25) is 0 Å². The molecule has 7 nitrogen and oxygen atoms in total. The Morgan fingerprint density at radius 1 is 0.455 bits per heavy atom. The number of phosphoric acid groups is 1. The van der Waals surface area contributed by atoms with E-state index < -0.39 is 7.82 Å². The van der Waals surface area contributed by atoms with Gasteiger partial charge in [-0.25, -0.2) is 4.57 Å². The maximum absolute atomic E-state index is 11.9. The van der Waals surface area contributed by atoms with Crippen molar-refractivity contribution in [2.45, 2.75) is 194 Å². The number of carbonyl (C=O) groups is 2. The third-order valence-corrected chi connectivity index (χ3v) is 7.51. The van der Waals surface area contributed by atoms with Crippen LogP contribution in [0.3, 0.4) is 0 Å². The highest BCUT2D eigenvalue weighted by Crippen LogP contribution is 2.25. The lowest BCUT2D eigenvalue weighted by atomic mass is 10.1. The molecule has 0 rings (SSSR count). The first-order valence-corrected chi connectivity index (χ1v) is 19.6. The van der Waals surface area contributed by atoms with Gasteiger partial charge in [-0.3, -0.25) is 9.59 Å². The van der Waals surface area contributed by atoms with Gasteiger partial charge in [-0.15, -0.1) is 0 Å². The summed E-state index contributed by atoms with van der Waals surface area (Å²) in [7, 11) is -4.64. The molecule has 0 aromatic carbocycles. The number of allylic oxidation sites excluding steroid dienone is 4. The van der Waals surface area contributed by atoms with E-state index in [0.29, 0.717) is 12.8 Å². The Hall–Kier alpha value is -1.27. The zero-order valence-electron chi connectivity index (χ0n) is 28.5. The lowest BCUT2D eigenvalue weighted by Crippen LogP contribution is -2.11. The van der Waals surface area contributed by atoms with E-state index in [1.54, 1.807) is 0 Å². The molecule has 0 aliphatic carbocycles. The minimum Gasteiger partial charge on any atom is -0.393 e. The molecule has 0 heterocycles. The van der Waals surface area contributed by atoms with E-state index in [0.717, 1.165) is 38.5 Å². The number of unbranched alkanes of at least 4 members (excludes halogenated alkanes) is 22. The molecule has 0 bridgehead atoms. The van der Waals surface area contributed by atoms with Gasteiger partial charge in [0.25, 0.3) is 0 Å². The molecule has 0 aliphatic heterocycles. The van der Waals surface area contributed by atoms with Gasteiger partial charge in [0.2, 0.25) is 0 Å². The molecule has 0 unspecified atom stereocenters. The largest absolute Gasteiger partial charge is 0.466 e. The summed E-state index contributed by atoms with van der Waals surface area (Å²) < 4.78 is 13.9. The number of hydrogen-bond donors (Lipinski definition) is 3. The molecule has 0 fully saturated rings. The zero-order valence-corrected chi connectivity index (χ0v) is 29.4. The van der Waals surface area contributed by atoms with Crippen LogP contribution in [0.4, 0.5) is 0 Å². The fourth-order valence-corrected chi connectivity index (χ4v) is 4.91. The lowest BCUT2D eigenvalue weighted by Gasteiger charge is -2.04. The Bertz CT molecular complexity index is 672. The van der Waals surface area contributed by atoms with E-state index >= 15 is 0 Å². The van der Waals surface area contributed by atoms with E-state index in [1.807, 2.05) is 0 Å². The number of ether oxygens (including phenoxy) is 1. The van der Waals surface area contributed by atoms with Crippen molar-refractivity contribution in [1.29, 1.82) is 0 Å². The molecule has 0 atom stereocenters. The molecular weight excluding hydrogens is 575 g/mol. The topological polar surface area (TPSA) is 121 Å². The van der Waals surface area contributed by atoms with Crippen molar-refractivity contribution in [3.8, 4) is 0 Å². The fraction of sp³-hybridized carbons (Fsp3) is 0.833. The number of hydrogen-bond acceptors (Lipinski definition) is 4. The first-order chi connectivity index (χ1) is 21.2. The van der Waals surface area contributed by atoms with Gasteiger partial charge in [0.15, 0.2) is 0 Å². The average molecular weight is 645 g/mol. The van der Waals surface area contributed by atoms with Gasteiger partial charge in [-0.05, 0) is 64.2 Å². The van der Waals surface area contributed by atoms with Crippen molar-refractivity contribution >= 4 is 19.8 Å². The summed E-state index contributed by atoms with van der Waals surface area (Å²) in [5, 5.41) is 0. The van der Waals surface area contributed by atoms with Gasteiger partial charge >= 0.3 is 19.8 Å². The van der Waals surface area contributed by atoms with Crippen molar-refractivity contribution in [3.63, 3.8) is 0 Å². The monoisotopic (exact) mass is 644 g/mol. The van der Waals surface area contributed by atoms with Crippen LogP contribution in [0.15, 0.2) is 24.3 Å². The van der Waals surface area contributed by atoms with Crippen LogP contribution in [-0.2, 0) is 18.9 Å². The highest BCUT2D eigenvalue weighted by atomic mass is 31.2. The summed E-state index contributed by atoms with van der Waals surface area (Å²) in [6, 6.07) is 0. The summed E-state index contributed by atoms with van der Waals surface area (Å²) >= 11 is 0. The molecule has 0 aromatic heterocycles. The van der Waals surface area contributed by atoms with Crippen LogP contribution in [0, 0.1) is 0 Å². The minimum atomic E-state index is -4.64. The van der Waals surface area contributed by atoms with Crippen molar-refractivity contribution in [1.82, 2.24) is 0 Å². The lowest BCUT2D eigenvalue weighted by molar-refractivity contribution is -0.159. The number of carbonyl (C=O) groups excluding carboxylic acids is 2. The predicted molar refractivity (Wildman–Crippen MR) is 184 cm³/mol. The second kappa shape index (κ2) is 36.2. The quantitative estimate of drug-likeness (QED) is 0.0234. The maximum Gasteiger partial charge on any atom is 0.466 e. The molecule has 260 valence electrons. The molecule has 0 saturated carbocycles. The van der Waals surface area contributed by atoms with Gasteiger partial charge < -0.3 is 19.4 Å². The maximum atomic E-state index is 11.9. The smallest absolute Gasteiger partial charge is 0.393 e. The molecule has 0 radical (unpaired) electrons. The molecule has 0 spiro atoms. The van der Waals surface area contributed by atoms with Crippen LogP contribution in [0.25, 0.3) is 0 Å². The van der Waals surface area contributed by atoms with Crippen LogP contribution < -0.4 is 0 Å². The second-order valence-corrected chi connectivity index (χ2v) is 13.1. The summed E-state index contributed by atoms with van der Waals surface area (Å²) in [5.41, 5.74) is 0. The van der Waals surface area contributed by atoms with Gasteiger partial charge in [-0.2, -0.15) is 0 Å². The highest BCUT2D eigenvalue weighted by Gasteiger charge is 2.09. The summed E-state index contributed by atoms with van der Waals surface area (Å²) in [5.74, 6) is -0.684. The molecule has 0 aromatic rings. The van der Waals surface area contributed by atoms with Gasteiger partial charge in [0.1, 0.15) is 0 Å². The third-order valence-electron chi connectivity index (χ3n) is 7.51. The SMILES string of the molecule is CCCCCCCCC=CCCCCCCCC(=O)OC(=O)CCCCCCCC=CCCCCCCCC.O=P(O)(O)O. The minimum absolute atomic E-state index is 0.342. The summed E-state index contributed by atoms with van der Waals surface area (Å²) in [4.78, 5) is 45.3. The average Bonchev–Trinajstić information content (AvgIpc) is 2.96. The van der Waals surface area contributed by atoms with Crippen LogP contribution >= 0.6 is 7.82 Å². The number of esters is 2. The van der Waals surface area contributed by atoms with E-state index in [2.05, 4.69) is 38.2 Å². The Balaban J connectivity index is 0. The molecule has 44 heavy (non-hydrogen) atoms. The van der Waals surface area contributed by atoms with Crippen molar-refractivity contribution < 1.29 is 33.6 Å². The first-order valence-electron chi connectivity index (χ1n) is 18.0. The number of rotatable bonds is 30. The Morgan fingerprint density at radius 3 is 0.955 bits per heavy atom. The molecule has 0 amide bonds. The van der Waals surface area contributed by atoms with Crippen LogP contribution in [0.5, 0.6) is 0 Å². The van der Waals surface area contributed by atoms with E-state index in [4.69, 9.17) is 24.0 Å². The second-order valence-electron chi connectivity index (χ2n) is 12.0. The van der Waals surface area contributed by atoms with Gasteiger partial charge in [0.05, 0.1) is 0 Å². The van der Waals surface area contributed by atoms with Crippen molar-refractivity contribution in [2.75, 3.05) is 0 Å². The molecular formula is C36H69O7P. The Morgan fingerprint density at radius 2 is 0.682 bits per heavy atom. The van der Waals surface area contributed by atoms with E-state index in [-0.39, 0.29) is 11.9 Å². The molecule has 0 aliphatic rings. The highest BCUT2D eigenvalue weighted by molar-refractivity contribution is 7.45. The van der Waals surface area contributed by atoms with Crippen molar-refractivity contribution in [2.24, 2.45) is 0 Å². The zero-order chi connectivity index (χ0) is 33.0. The van der Waals surface area contributed by atoms with Gasteiger partial charge in [0, 0.05) is 12.8 Å². The standard InChI is InChI=1S/C36H66O3.H3O4P/c1-3-5-7-9-11-13-15-17-19-21-23-25-27-29-31-33-35(37)39-36(38)34-32-30-28-26-24-22-20-18-16-14-12-10-8-6-4-2;1-5(2,3)4/h17-20H,3-16,21-34H2,1-2H3;(H3,1,2,3,4). The molecule has 8 heteroatoms. The van der Waals surface area contributed by atoms with E-state index in [9.17, 15) is 9.59 Å². The normalized spacial score (nSPS) is 11.7. The fourth-order valence-electron chi connectivity index (χ4n) is 4.91. The van der Waals surface area contributed by atoms with E-state index in [1.165, 1.54) is 128 Å². The summed E-state index contributed by atoms with van der Waals surface area (Å²) in [6.45, 7) is 4.53. The third kappa shape index (κ3) is 47.7. The van der Waals surface area contributed by atoms with Crippen LogP contribution in [0.1, 0.15) is 194 Å².